The van der Waals surface area contributed by atoms with Crippen molar-refractivity contribution >= 4 is 28.1 Å². The molecule has 5 rings (SSSR count). The van der Waals surface area contributed by atoms with Crippen LogP contribution in [0.3, 0.4) is 0 Å². The third-order valence-electron chi connectivity index (χ3n) is 7.64. The number of Topliss-reactive ketones (excluding diaryl/α,β-unsaturated/α-hetero) is 1. The highest BCUT2D eigenvalue weighted by Gasteiger charge is 2.28. The van der Waals surface area contributed by atoms with Gasteiger partial charge in [-0.15, -0.1) is 0 Å². The van der Waals surface area contributed by atoms with Gasteiger partial charge >= 0.3 is 0 Å². The summed E-state index contributed by atoms with van der Waals surface area (Å²) in [4.78, 5) is 24.3. The number of carbonyl (C=O) groups excluding carboxylic acids is 1. The van der Waals surface area contributed by atoms with Gasteiger partial charge < -0.3 is 15.4 Å². The summed E-state index contributed by atoms with van der Waals surface area (Å²) in [6.45, 7) is 2.23. The Balaban J connectivity index is 1.44. The van der Waals surface area contributed by atoms with E-state index in [0.717, 1.165) is 41.8 Å². The smallest absolute Gasteiger partial charge is 0.169 e. The van der Waals surface area contributed by atoms with Crippen molar-refractivity contribution in [2.75, 3.05) is 19.1 Å². The maximum Gasteiger partial charge on any atom is 0.169 e. The van der Waals surface area contributed by atoms with E-state index in [1.807, 2.05) is 42.3 Å². The predicted octanol–water partition coefficient (Wildman–Crippen LogP) is 6.20. The summed E-state index contributed by atoms with van der Waals surface area (Å²) < 4.78 is 20.2. The summed E-state index contributed by atoms with van der Waals surface area (Å²) in [5, 5.41) is 0.312. The Labute approximate surface area is 222 Å². The van der Waals surface area contributed by atoms with Crippen molar-refractivity contribution in [2.24, 2.45) is 11.7 Å². The monoisotopic (exact) mass is 512 g/mol. The topological polar surface area (TPSA) is 81.3 Å². The summed E-state index contributed by atoms with van der Waals surface area (Å²) >= 11 is 0. The van der Waals surface area contributed by atoms with Gasteiger partial charge in [-0.25, -0.2) is 4.39 Å². The van der Waals surface area contributed by atoms with E-state index in [0.29, 0.717) is 34.0 Å². The molecule has 0 aliphatic heterocycles. The Morgan fingerprint density at radius 2 is 1.87 bits per heavy atom. The van der Waals surface area contributed by atoms with Crippen LogP contribution in [0, 0.1) is 11.7 Å². The first-order chi connectivity index (χ1) is 18.3. The largest absolute Gasteiger partial charge is 0.497 e. The van der Waals surface area contributed by atoms with Crippen LogP contribution in [-0.4, -0.2) is 36.0 Å². The number of hydrogen-bond acceptors (Lipinski definition) is 6. The molecule has 0 unspecified atom stereocenters. The molecule has 6 nitrogen and oxygen atoms in total. The summed E-state index contributed by atoms with van der Waals surface area (Å²) in [6, 6.07) is 14.4. The van der Waals surface area contributed by atoms with Gasteiger partial charge in [-0.3, -0.25) is 14.8 Å². The van der Waals surface area contributed by atoms with Crippen molar-refractivity contribution in [3.63, 3.8) is 0 Å². The van der Waals surface area contributed by atoms with Crippen LogP contribution in [0.25, 0.3) is 10.9 Å². The minimum atomic E-state index is -0.415. The van der Waals surface area contributed by atoms with Gasteiger partial charge in [0, 0.05) is 48.5 Å². The van der Waals surface area contributed by atoms with Crippen molar-refractivity contribution in [2.45, 2.75) is 44.6 Å². The highest BCUT2D eigenvalue weighted by Crippen LogP contribution is 2.37. The zero-order valence-electron chi connectivity index (χ0n) is 22.0. The lowest BCUT2D eigenvalue weighted by atomic mass is 9.75. The Bertz CT molecular complexity index is 1450. The molecule has 2 aromatic carbocycles. The maximum absolute atomic E-state index is 15.0. The van der Waals surface area contributed by atoms with Crippen LogP contribution in [0.2, 0.25) is 0 Å². The van der Waals surface area contributed by atoms with E-state index >= 15 is 0 Å². The molecule has 38 heavy (non-hydrogen) atoms. The Kier molecular flexibility index (Phi) is 7.38. The number of fused-ring (bicyclic) bond motifs is 1. The molecule has 4 aromatic rings. The van der Waals surface area contributed by atoms with Gasteiger partial charge in [0.15, 0.2) is 5.78 Å². The molecule has 3 atom stereocenters. The number of rotatable bonds is 7. The normalized spacial score (nSPS) is 19.3. The number of ether oxygens (including phenoxy) is 1. The fourth-order valence-electron chi connectivity index (χ4n) is 5.70. The number of pyridine rings is 2. The number of benzene rings is 2. The van der Waals surface area contributed by atoms with Crippen LogP contribution in [-0.2, 0) is 6.42 Å². The second-order valence-corrected chi connectivity index (χ2v) is 10.4. The molecule has 0 saturated heterocycles. The highest BCUT2D eigenvalue weighted by molar-refractivity contribution is 6.08. The molecular weight excluding hydrogens is 479 g/mol. The summed E-state index contributed by atoms with van der Waals surface area (Å²) in [5.74, 6) is 1.07. The molecule has 2 heterocycles. The van der Waals surface area contributed by atoms with Crippen LogP contribution in [0.4, 0.5) is 15.8 Å². The number of nitrogens with two attached hydrogens (primary N) is 1. The number of hydrogen-bond donors (Lipinski definition) is 1. The first-order valence-corrected chi connectivity index (χ1v) is 13.0. The lowest BCUT2D eigenvalue weighted by Gasteiger charge is -2.32. The quantitative estimate of drug-likeness (QED) is 0.297. The molecule has 0 bridgehead atoms. The fourth-order valence-corrected chi connectivity index (χ4v) is 5.70. The van der Waals surface area contributed by atoms with Crippen LogP contribution in [0.1, 0.15) is 53.6 Å². The molecule has 1 saturated carbocycles. The average Bonchev–Trinajstić information content (AvgIpc) is 2.92. The third-order valence-corrected chi connectivity index (χ3v) is 7.64. The Hall–Kier alpha value is -3.84. The minimum absolute atomic E-state index is 0.110. The molecule has 196 valence electrons. The zero-order valence-corrected chi connectivity index (χ0v) is 22.0. The molecule has 0 spiro atoms. The van der Waals surface area contributed by atoms with Gasteiger partial charge in [0.05, 0.1) is 24.5 Å². The van der Waals surface area contributed by atoms with E-state index in [1.54, 1.807) is 31.8 Å². The zero-order chi connectivity index (χ0) is 26.8. The first kappa shape index (κ1) is 25.8. The van der Waals surface area contributed by atoms with Gasteiger partial charge in [0.25, 0.3) is 0 Å². The van der Waals surface area contributed by atoms with Crippen LogP contribution in [0.5, 0.6) is 5.75 Å². The van der Waals surface area contributed by atoms with Crippen LogP contribution >= 0.6 is 0 Å². The van der Waals surface area contributed by atoms with Gasteiger partial charge in [0.1, 0.15) is 11.6 Å². The van der Waals surface area contributed by atoms with Crippen LogP contribution in [0.15, 0.2) is 67.1 Å². The van der Waals surface area contributed by atoms with E-state index in [2.05, 4.69) is 16.9 Å². The Morgan fingerprint density at radius 1 is 1.08 bits per heavy atom. The highest BCUT2D eigenvalue weighted by atomic mass is 19.1. The molecule has 1 aliphatic carbocycles. The number of methoxy groups -OCH3 is 1. The van der Waals surface area contributed by atoms with Gasteiger partial charge in [0.2, 0.25) is 0 Å². The van der Waals surface area contributed by atoms with Crippen molar-refractivity contribution in [1.82, 2.24) is 9.97 Å². The molecule has 0 amide bonds. The molecule has 7 heteroatoms. The number of carbonyl (C=O) groups is 1. The number of halogens is 1. The summed E-state index contributed by atoms with van der Waals surface area (Å²) in [6.07, 6.45) is 8.38. The predicted molar refractivity (Wildman–Crippen MR) is 149 cm³/mol. The van der Waals surface area contributed by atoms with Gasteiger partial charge in [-0.1, -0.05) is 6.92 Å². The molecule has 1 aliphatic rings. The van der Waals surface area contributed by atoms with Crippen LogP contribution < -0.4 is 15.4 Å². The maximum atomic E-state index is 15.0. The van der Waals surface area contributed by atoms with E-state index < -0.39 is 5.82 Å². The lowest BCUT2D eigenvalue weighted by Crippen LogP contribution is -2.31. The number of nitrogens with zero attached hydrogens (tertiary/aromatic N) is 3. The lowest BCUT2D eigenvalue weighted by molar-refractivity contribution is 0.0994. The first-order valence-electron chi connectivity index (χ1n) is 13.0. The molecule has 2 aromatic heterocycles. The number of anilines is 2. The molecule has 2 N–H and O–H groups in total. The molecule has 1 fully saturated rings. The molecule has 0 radical (unpaired) electrons. The van der Waals surface area contributed by atoms with Gasteiger partial charge in [-0.2, -0.15) is 0 Å². The average molecular weight is 513 g/mol. The van der Waals surface area contributed by atoms with E-state index in [-0.39, 0.29) is 18.2 Å². The van der Waals surface area contributed by atoms with E-state index in [4.69, 9.17) is 10.5 Å². The van der Waals surface area contributed by atoms with Crippen molar-refractivity contribution in [3.05, 3.63) is 89.6 Å². The SMILES string of the molecule is COc1ccc(N(C)c2cnc3c(C(=O)Cc4cnccc4[C@@H]4C[C@H](C)C[C@H](N)C4)ccc(F)c3c2)cc1. The number of ketones is 1. The third kappa shape index (κ3) is 5.24. The molecular formula is C31H33FN4O2. The van der Waals surface area contributed by atoms with Gasteiger partial charge in [-0.05, 0) is 90.8 Å². The number of aromatic nitrogens is 2. The standard InChI is InChI=1S/C31H33FN4O2/c1-19-12-20(14-22(33)13-19)26-10-11-34-17-21(26)15-30(37)27-8-9-29(32)28-16-24(18-35-31(27)28)36(2)23-4-6-25(38-3)7-5-23/h4-11,16-20,22H,12-15,33H2,1-3H3/t19-,20+,22-/m0/s1. The second kappa shape index (κ2) is 10.9. The van der Waals surface area contributed by atoms with E-state index in [1.165, 1.54) is 12.1 Å². The van der Waals surface area contributed by atoms with E-state index in [9.17, 15) is 9.18 Å². The fraction of sp³-hybridized carbons (Fsp3) is 0.323. The summed E-state index contributed by atoms with van der Waals surface area (Å²) in [5.41, 5.74) is 10.7. The minimum Gasteiger partial charge on any atom is -0.497 e. The van der Waals surface area contributed by atoms with Crippen molar-refractivity contribution in [1.29, 1.82) is 0 Å². The second-order valence-electron chi connectivity index (χ2n) is 10.4. The summed E-state index contributed by atoms with van der Waals surface area (Å²) in [7, 11) is 3.51. The van der Waals surface area contributed by atoms with Crippen molar-refractivity contribution in [3.8, 4) is 5.75 Å². The van der Waals surface area contributed by atoms with Crippen molar-refractivity contribution < 1.29 is 13.9 Å². The Morgan fingerprint density at radius 3 is 2.61 bits per heavy atom.